The van der Waals surface area contributed by atoms with Gasteiger partial charge in [0.2, 0.25) is 0 Å². The number of aliphatic hydroxyl groups excluding tert-OH is 1. The van der Waals surface area contributed by atoms with Crippen LogP contribution in [-0.2, 0) is 9.59 Å². The molecule has 4 rings (SSSR count). The van der Waals surface area contributed by atoms with Gasteiger partial charge in [-0.05, 0) is 68.3 Å². The molecule has 7 nitrogen and oxygen atoms in total. The minimum Gasteiger partial charge on any atom is -0.507 e. The van der Waals surface area contributed by atoms with Crippen LogP contribution in [0, 0.1) is 13.8 Å². The van der Waals surface area contributed by atoms with Crippen LogP contribution in [0.1, 0.15) is 42.0 Å². The van der Waals surface area contributed by atoms with Gasteiger partial charge in [-0.15, -0.1) is 13.2 Å². The quantitative estimate of drug-likeness (QED) is 0.229. The van der Waals surface area contributed by atoms with E-state index in [9.17, 15) is 27.9 Å². The summed E-state index contributed by atoms with van der Waals surface area (Å²) >= 11 is 0. The van der Waals surface area contributed by atoms with Gasteiger partial charge in [-0.1, -0.05) is 13.0 Å². The van der Waals surface area contributed by atoms with Gasteiger partial charge in [-0.2, -0.15) is 0 Å². The summed E-state index contributed by atoms with van der Waals surface area (Å²) in [5, 5.41) is 11.2. The normalized spacial score (nSPS) is 17.4. The first kappa shape index (κ1) is 25.9. The van der Waals surface area contributed by atoms with Crippen molar-refractivity contribution >= 4 is 23.1 Å². The Balaban J connectivity index is 1.84. The first-order valence-electron chi connectivity index (χ1n) is 11.5. The van der Waals surface area contributed by atoms with Crippen molar-refractivity contribution < 1.29 is 41.8 Å². The Bertz CT molecular complexity index is 1370. The van der Waals surface area contributed by atoms with Crippen molar-refractivity contribution in [3.63, 3.8) is 0 Å². The van der Waals surface area contributed by atoms with Crippen molar-refractivity contribution in [3.05, 3.63) is 82.8 Å². The van der Waals surface area contributed by atoms with Gasteiger partial charge in [0.05, 0.1) is 12.2 Å². The van der Waals surface area contributed by atoms with Gasteiger partial charge < -0.3 is 19.0 Å². The number of alkyl halides is 3. The molecular formula is C27H24F3NO6. The van der Waals surface area contributed by atoms with Crippen molar-refractivity contribution in [3.8, 4) is 11.5 Å². The van der Waals surface area contributed by atoms with E-state index in [1.54, 1.807) is 38.1 Å². The monoisotopic (exact) mass is 515 g/mol. The number of carbonyl (C=O) groups is 2. The molecule has 0 saturated carbocycles. The summed E-state index contributed by atoms with van der Waals surface area (Å²) < 4.78 is 53.7. The van der Waals surface area contributed by atoms with E-state index in [-0.39, 0.29) is 22.6 Å². The van der Waals surface area contributed by atoms with Crippen molar-refractivity contribution in [1.82, 2.24) is 0 Å². The number of anilines is 1. The van der Waals surface area contributed by atoms with Crippen molar-refractivity contribution in [2.75, 3.05) is 11.5 Å². The minimum absolute atomic E-state index is 0.0403. The zero-order chi connectivity index (χ0) is 26.9. The number of halogens is 3. The molecule has 3 aromatic rings. The molecule has 194 valence electrons. The van der Waals surface area contributed by atoms with E-state index >= 15 is 0 Å². The number of hydrogen-bond donors (Lipinski definition) is 1. The number of aliphatic hydroxyl groups is 1. The van der Waals surface area contributed by atoms with E-state index in [1.165, 1.54) is 18.2 Å². The first-order valence-corrected chi connectivity index (χ1v) is 11.5. The average Bonchev–Trinajstić information content (AvgIpc) is 3.37. The van der Waals surface area contributed by atoms with Crippen LogP contribution < -0.4 is 14.4 Å². The molecule has 0 spiro atoms. The molecule has 1 unspecified atom stereocenters. The Morgan fingerprint density at radius 2 is 1.84 bits per heavy atom. The molecule has 0 radical (unpaired) electrons. The van der Waals surface area contributed by atoms with Gasteiger partial charge in [0.1, 0.15) is 34.8 Å². The second kappa shape index (κ2) is 10.0. The lowest BCUT2D eigenvalue weighted by atomic mass is 9.98. The zero-order valence-electron chi connectivity index (χ0n) is 20.3. The molecule has 1 saturated heterocycles. The van der Waals surface area contributed by atoms with Gasteiger partial charge in [0.15, 0.2) is 0 Å². The smallest absolute Gasteiger partial charge is 0.507 e. The largest absolute Gasteiger partial charge is 0.573 e. The second-order valence-corrected chi connectivity index (χ2v) is 8.49. The molecule has 1 aliphatic heterocycles. The van der Waals surface area contributed by atoms with E-state index in [0.717, 1.165) is 23.5 Å². The van der Waals surface area contributed by atoms with E-state index in [0.29, 0.717) is 23.7 Å². The molecule has 1 fully saturated rings. The fraction of sp³-hybridized carbons (Fsp3) is 0.259. The summed E-state index contributed by atoms with van der Waals surface area (Å²) in [4.78, 5) is 27.4. The third-order valence-electron chi connectivity index (χ3n) is 5.71. The summed E-state index contributed by atoms with van der Waals surface area (Å²) in [6.45, 7) is 5.91. The Morgan fingerprint density at radius 1 is 1.08 bits per heavy atom. The zero-order valence-corrected chi connectivity index (χ0v) is 20.3. The predicted molar refractivity (Wildman–Crippen MR) is 128 cm³/mol. The Kier molecular flexibility index (Phi) is 7.02. The Labute approximate surface area is 210 Å². The average molecular weight is 515 g/mol. The number of benzene rings is 2. The molecule has 10 heteroatoms. The third-order valence-corrected chi connectivity index (χ3v) is 5.71. The van der Waals surface area contributed by atoms with Crippen LogP contribution in [0.3, 0.4) is 0 Å². The van der Waals surface area contributed by atoms with Crippen LogP contribution in [0.5, 0.6) is 11.5 Å². The number of rotatable bonds is 7. The fourth-order valence-corrected chi connectivity index (χ4v) is 4.13. The standard InChI is InChI=1S/C27H24F3NO6/c1-4-12-35-20-11-9-17(13-15(20)2)24(32)22-23(21-10-8-16(3)36-21)31(26(34)25(22)33)18-6-5-7-19(14-18)37-27(28,29)30/h5-11,13-14,23,32H,4,12H2,1-3H3/b24-22-. The third kappa shape index (κ3) is 5.32. The number of carbonyl (C=O) groups excluding carboxylic acids is 2. The maximum Gasteiger partial charge on any atom is 0.573 e. The highest BCUT2D eigenvalue weighted by Gasteiger charge is 2.48. The topological polar surface area (TPSA) is 89.2 Å². The number of hydrogen-bond acceptors (Lipinski definition) is 6. The molecule has 37 heavy (non-hydrogen) atoms. The summed E-state index contributed by atoms with van der Waals surface area (Å²) in [6, 6.07) is 11.4. The molecule has 1 aliphatic rings. The number of furan rings is 1. The van der Waals surface area contributed by atoms with E-state index in [1.807, 2.05) is 6.92 Å². The molecule has 2 aromatic carbocycles. The van der Waals surface area contributed by atoms with Gasteiger partial charge in [0, 0.05) is 17.3 Å². The highest BCUT2D eigenvalue weighted by Crippen LogP contribution is 2.43. The van der Waals surface area contributed by atoms with Crippen LogP contribution in [0.15, 0.2) is 64.6 Å². The number of Topliss-reactive ketones (excluding diaryl/α,β-unsaturated/α-hetero) is 1. The number of nitrogens with zero attached hydrogens (tertiary/aromatic N) is 1. The second-order valence-electron chi connectivity index (χ2n) is 8.49. The predicted octanol–water partition coefficient (Wildman–Crippen LogP) is 6.21. The minimum atomic E-state index is -4.95. The summed E-state index contributed by atoms with van der Waals surface area (Å²) in [7, 11) is 0. The SMILES string of the molecule is CCCOc1ccc(/C(O)=C2/C(=O)C(=O)N(c3cccc(OC(F)(F)F)c3)C2c2ccc(C)o2)cc1C. The Morgan fingerprint density at radius 3 is 2.46 bits per heavy atom. The van der Waals surface area contributed by atoms with Crippen LogP contribution in [0.2, 0.25) is 0 Å². The Hall–Kier alpha value is -4.21. The van der Waals surface area contributed by atoms with Crippen LogP contribution in [-0.4, -0.2) is 29.8 Å². The number of aryl methyl sites for hydroxylation is 2. The van der Waals surface area contributed by atoms with Crippen molar-refractivity contribution in [2.45, 2.75) is 39.6 Å². The van der Waals surface area contributed by atoms with Crippen LogP contribution >= 0.6 is 0 Å². The number of ether oxygens (including phenoxy) is 2. The lowest BCUT2D eigenvalue weighted by Gasteiger charge is -2.24. The molecule has 0 bridgehead atoms. The summed E-state index contributed by atoms with van der Waals surface area (Å²) in [5.74, 6) is -1.83. The van der Waals surface area contributed by atoms with Crippen LogP contribution in [0.25, 0.3) is 5.76 Å². The molecule has 0 aliphatic carbocycles. The van der Waals surface area contributed by atoms with Gasteiger partial charge in [-0.3, -0.25) is 14.5 Å². The fourth-order valence-electron chi connectivity index (χ4n) is 4.13. The highest BCUT2D eigenvalue weighted by molar-refractivity contribution is 6.51. The van der Waals surface area contributed by atoms with E-state index in [4.69, 9.17) is 9.15 Å². The van der Waals surface area contributed by atoms with E-state index in [2.05, 4.69) is 4.74 Å². The number of amides is 1. The molecule has 2 heterocycles. The molecule has 1 N–H and O–H groups in total. The van der Waals surface area contributed by atoms with Gasteiger partial charge in [-0.25, -0.2) is 0 Å². The first-order chi connectivity index (χ1) is 17.5. The molecule has 1 amide bonds. The molecular weight excluding hydrogens is 491 g/mol. The lowest BCUT2D eigenvalue weighted by Crippen LogP contribution is -2.29. The maximum absolute atomic E-state index is 13.2. The van der Waals surface area contributed by atoms with E-state index < -0.39 is 35.6 Å². The summed E-state index contributed by atoms with van der Waals surface area (Å²) in [5.41, 5.74) is 0.667. The maximum atomic E-state index is 13.2. The van der Waals surface area contributed by atoms with Crippen molar-refractivity contribution in [2.24, 2.45) is 0 Å². The lowest BCUT2D eigenvalue weighted by molar-refractivity contribution is -0.274. The molecule has 1 atom stereocenters. The van der Waals surface area contributed by atoms with Crippen molar-refractivity contribution in [1.29, 1.82) is 0 Å². The van der Waals surface area contributed by atoms with Gasteiger partial charge >= 0.3 is 6.36 Å². The number of ketones is 1. The van der Waals surface area contributed by atoms with Gasteiger partial charge in [0.25, 0.3) is 11.7 Å². The molecule has 1 aromatic heterocycles. The highest BCUT2D eigenvalue weighted by atomic mass is 19.4. The van der Waals surface area contributed by atoms with Crippen LogP contribution in [0.4, 0.5) is 18.9 Å². The summed E-state index contributed by atoms with van der Waals surface area (Å²) in [6.07, 6.45) is -4.14.